The number of fused-ring (bicyclic) bond motifs is 4. The molecule has 0 unspecified atom stereocenters. The molecule has 0 spiro atoms. The number of hydrogen-bond donors (Lipinski definition) is 14. The molecule has 42 heteroatoms. The topological polar surface area (TPSA) is 593 Å². The van der Waals surface area contributed by atoms with Crippen molar-refractivity contribution in [1.82, 2.24) is 82.3 Å². The van der Waals surface area contributed by atoms with E-state index in [0.717, 1.165) is 102 Å². The van der Waals surface area contributed by atoms with Crippen LogP contribution in [0.1, 0.15) is 189 Å². The first-order chi connectivity index (χ1) is 68.9. The van der Waals surface area contributed by atoms with Crippen LogP contribution in [0.5, 0.6) is 0 Å². The highest BCUT2D eigenvalue weighted by atomic mass is 32.1. The summed E-state index contributed by atoms with van der Waals surface area (Å²) in [7, 11) is 0. The van der Waals surface area contributed by atoms with Crippen LogP contribution in [0.15, 0.2) is 144 Å². The number of ketones is 2. The number of amides is 14. The number of aromatic nitrogens is 6. The van der Waals surface area contributed by atoms with E-state index in [1.807, 2.05) is 119 Å². The largest absolute Gasteiger partial charge is 0.370 e. The molecule has 3 aliphatic carbocycles. The van der Waals surface area contributed by atoms with E-state index in [1.165, 1.54) is 38.0 Å². The first kappa shape index (κ1) is 104. The minimum absolute atomic E-state index is 0.000471. The lowest BCUT2D eigenvalue weighted by Gasteiger charge is -2.35. The summed E-state index contributed by atoms with van der Waals surface area (Å²) in [4.78, 5) is 228. The van der Waals surface area contributed by atoms with Crippen molar-refractivity contribution in [2.75, 3.05) is 26.2 Å². The first-order valence-corrected chi connectivity index (χ1v) is 52.4. The van der Waals surface area contributed by atoms with Crippen LogP contribution < -0.4 is 76.9 Å². The zero-order valence-electron chi connectivity index (χ0n) is 79.2. The van der Waals surface area contributed by atoms with Gasteiger partial charge in [-0.25, -0.2) is 9.36 Å². The van der Waals surface area contributed by atoms with Crippen LogP contribution in [0.4, 0.5) is 0 Å². The molecule has 20 N–H and O–H groups in total. The monoisotopic (exact) mass is 2030 g/mol. The second-order valence-corrected chi connectivity index (χ2v) is 42.0. The quantitative estimate of drug-likeness (QED) is 0.0454. The van der Waals surface area contributed by atoms with Gasteiger partial charge in [0.05, 0.1) is 79.2 Å². The summed E-state index contributed by atoms with van der Waals surface area (Å²) >= 11 is 6.19. The number of hydrogen-bond acceptors (Lipinski definition) is 26. The highest BCUT2D eigenvalue weighted by Gasteiger charge is 2.50. The van der Waals surface area contributed by atoms with E-state index in [4.69, 9.17) is 34.4 Å². The van der Waals surface area contributed by atoms with Crippen LogP contribution in [-0.4, -0.2) is 221 Å². The first-order valence-electron chi connectivity index (χ1n) is 49.0. The van der Waals surface area contributed by atoms with E-state index in [1.54, 1.807) is 44.4 Å². The van der Waals surface area contributed by atoms with Crippen molar-refractivity contribution in [3.8, 4) is 32.3 Å². The summed E-state index contributed by atoms with van der Waals surface area (Å²) in [6, 6.07) is 17.4. The van der Waals surface area contributed by atoms with Gasteiger partial charge in [0.2, 0.25) is 82.7 Å². The molecular formula is C101H122N22O16S4. The highest BCUT2D eigenvalue weighted by molar-refractivity contribution is 7.18. The molecule has 6 aromatic heterocycles. The van der Waals surface area contributed by atoms with Gasteiger partial charge in [0.15, 0.2) is 11.6 Å². The SMILES string of the molecule is NC(=O)C[C@@H]1NC(=O)[C@@H](N)CC(=O)NCCCC[C@@H](C(N)=O)NC(=O)[C@H](Cc2csc3ccccc23)NC(=O)[C@@H]2C[C@H](n3cc(-c4ccc(-c5cccs5)cc4)nn3)CN2C(=O)[C@H](C2CCCCC2)CC1=O.NC(=O)C[C@@H]1NC(=O)[C@@H](N)CC(=O)NCCCC[C@@H](C(N)=O)NC(=O)[C@H](Cc2csc3ccccc23)NC(=O)[C@@H]2C[C@H](n3cc(-c4ccc(C5=CC=CC5)s4)nn3)CN2C(=O)[C@H](C2CCCCC2)CC1=O. The Hall–Kier alpha value is -13.4. The van der Waals surface area contributed by atoms with Gasteiger partial charge in [0.1, 0.15) is 47.6 Å². The molecule has 6 fully saturated rings. The van der Waals surface area contributed by atoms with Crippen molar-refractivity contribution in [2.45, 2.75) is 246 Å². The fourth-order valence-electron chi connectivity index (χ4n) is 20.3. The fourth-order valence-corrected chi connectivity index (χ4v) is 24.0. The number of Topliss-reactive ketones (excluding diaryl/α,β-unsaturated/α-hetero) is 2. The number of primary amides is 4. The Labute approximate surface area is 841 Å². The molecule has 2 saturated carbocycles. The minimum Gasteiger partial charge on any atom is -0.370 e. The third kappa shape index (κ3) is 26.7. The molecule has 4 aliphatic heterocycles. The van der Waals surface area contributed by atoms with Crippen LogP contribution >= 0.6 is 45.3 Å². The lowest BCUT2D eigenvalue weighted by atomic mass is 9.76. The molecule has 14 atom stereocenters. The maximum atomic E-state index is 15.5. The van der Waals surface area contributed by atoms with Gasteiger partial charge in [-0.2, -0.15) is 0 Å². The number of thiophene rings is 4. The summed E-state index contributed by atoms with van der Waals surface area (Å²) < 4.78 is 5.23. The van der Waals surface area contributed by atoms with E-state index in [-0.39, 0.29) is 76.5 Å². The van der Waals surface area contributed by atoms with Crippen molar-refractivity contribution in [3.63, 3.8) is 0 Å². The Morgan fingerprint density at radius 3 is 1.31 bits per heavy atom. The summed E-state index contributed by atoms with van der Waals surface area (Å²) in [5, 5.41) is 47.5. The molecular weight excluding hydrogens is 1910 g/mol. The molecule has 16 rings (SSSR count). The molecule has 0 bridgehead atoms. The normalized spacial score (nSPS) is 25.5. The number of rotatable bonds is 18. The summed E-state index contributed by atoms with van der Waals surface area (Å²) in [6.45, 7) is 0.284. The number of nitrogens with one attached hydrogen (secondary N) is 8. The van der Waals surface area contributed by atoms with E-state index in [0.29, 0.717) is 62.8 Å². The van der Waals surface area contributed by atoms with Gasteiger partial charge in [-0.3, -0.25) is 76.7 Å². The van der Waals surface area contributed by atoms with Crippen molar-refractivity contribution < 1.29 is 76.7 Å². The molecule has 10 heterocycles. The standard InChI is InChI=1S/C51H61N11O8S2.C50H61N11O8S2/c52-36-24-46(65)55-19-7-6-12-37(47(54)66)56-49(68)39(21-32-28-72-44-13-5-4-11-34(32)44)58-50(69)41-22-33(62-27-40(59-60-62)30-15-17-31(18-16-30)43-14-8-20-71-43)26-61(41)51(70)35(29-9-2-1-3-10-29)23-42(63)38(25-45(53)64)57-48(36)67;51-34-23-45(64)54-19-9-8-15-35(46(53)65)55-48(67)37(20-30-27-70-42-16-7-6-14-32(30)42)57-49(68)39-21-31(61-26-38(58-59-61)43-18-17-41(71-43)29-12-4-5-13-29)25-60(39)50(69)33(28-10-2-1-3-11-28)22-40(62)36(24-44(52)63)56-47(34)66/h4-5,8,11,13-18,20,27-29,33,35-39,41H,1-3,6-7,9-10,12,19,21-26,52H2,(H2,53,64)(H2,54,66)(H,55,65)(H,56,68)(H,57,67)(H,58,69);4-7,12,14,16-18,26-28,31,33-37,39H,1-3,8-11,13,15,19-25,51H2,(H2,52,63)(H2,53,65)(H,54,64)(H,55,67)(H,56,66)(H,57,68)/t33-,35-,36-,37-,38-,39-,41-;31-,33-,34-,35-,36-,37-,39-/m00/s1. The molecule has 7 aliphatic rings. The molecule has 143 heavy (non-hydrogen) atoms. The van der Waals surface area contributed by atoms with Gasteiger partial charge >= 0.3 is 0 Å². The molecule has 9 aromatic rings. The molecule has 0 radical (unpaired) electrons. The molecule has 38 nitrogen and oxygen atoms in total. The van der Waals surface area contributed by atoms with Crippen LogP contribution in [0.2, 0.25) is 0 Å². The molecule has 756 valence electrons. The Bertz CT molecular complexity index is 6230. The second-order valence-electron chi connectivity index (χ2n) is 38.1. The van der Waals surface area contributed by atoms with Crippen molar-refractivity contribution in [2.24, 2.45) is 58.1 Å². The van der Waals surface area contributed by atoms with Gasteiger partial charge in [-0.05, 0) is 162 Å². The van der Waals surface area contributed by atoms with E-state index in [9.17, 15) is 57.5 Å². The Morgan fingerprint density at radius 1 is 0.427 bits per heavy atom. The summed E-state index contributed by atoms with van der Waals surface area (Å²) in [5.41, 5.74) is 41.0. The Morgan fingerprint density at radius 2 is 0.867 bits per heavy atom. The van der Waals surface area contributed by atoms with Crippen molar-refractivity contribution in [3.05, 3.63) is 160 Å². The maximum absolute atomic E-state index is 15.5. The lowest BCUT2D eigenvalue weighted by molar-refractivity contribution is -0.146. The van der Waals surface area contributed by atoms with Crippen LogP contribution in [-0.2, 0) is 89.6 Å². The zero-order chi connectivity index (χ0) is 101. The molecule has 14 amide bonds. The number of benzene rings is 3. The second kappa shape index (κ2) is 48.6. The Balaban J connectivity index is 0.000000215. The number of nitrogens with two attached hydrogens (primary N) is 6. The number of allylic oxidation sites excluding steroid dienone is 4. The van der Waals surface area contributed by atoms with Gasteiger partial charge in [-0.15, -0.1) is 55.5 Å². The predicted octanol–water partition coefficient (Wildman–Crippen LogP) is 6.20. The number of nitrogens with zero attached hydrogens (tertiary/aromatic N) is 8. The van der Waals surface area contributed by atoms with Crippen LogP contribution in [0, 0.1) is 23.7 Å². The number of carbonyl (C=O) groups excluding carboxylic acids is 16. The smallest absolute Gasteiger partial charge is 0.243 e. The van der Waals surface area contributed by atoms with Gasteiger partial charge in [0.25, 0.3) is 0 Å². The average molecular weight is 2030 g/mol. The third-order valence-corrected chi connectivity index (χ3v) is 32.2. The summed E-state index contributed by atoms with van der Waals surface area (Å²) in [5.74, 6) is -13.5. The Kier molecular flexibility index (Phi) is 35.3. The predicted molar refractivity (Wildman–Crippen MR) is 539 cm³/mol. The van der Waals surface area contributed by atoms with Gasteiger partial charge in [0, 0.05) is 101 Å². The van der Waals surface area contributed by atoms with Gasteiger partial charge < -0.3 is 86.7 Å². The van der Waals surface area contributed by atoms with Gasteiger partial charge in [-0.1, -0.05) is 134 Å². The third-order valence-electron chi connectivity index (χ3n) is 28.1. The average Bonchev–Trinajstić information content (AvgIpc) is 1.63. The minimum atomic E-state index is -1.45. The number of carbonyl (C=O) groups is 16. The van der Waals surface area contributed by atoms with E-state index in [2.05, 4.69) is 75.3 Å². The zero-order valence-corrected chi connectivity index (χ0v) is 82.5. The fraction of sp³-hybridized carbons (Fsp3) is 0.465. The van der Waals surface area contributed by atoms with Crippen molar-refractivity contribution >= 4 is 165 Å². The summed E-state index contributed by atoms with van der Waals surface area (Å²) in [6.07, 6.45) is 17.2. The van der Waals surface area contributed by atoms with E-state index >= 15 is 19.2 Å². The maximum Gasteiger partial charge on any atom is 0.243 e. The lowest BCUT2D eigenvalue weighted by Crippen LogP contribution is -2.57. The highest BCUT2D eigenvalue weighted by Crippen LogP contribution is 2.42. The van der Waals surface area contributed by atoms with Crippen molar-refractivity contribution in [1.29, 1.82) is 0 Å². The molecule has 3 aromatic carbocycles. The van der Waals surface area contributed by atoms with Crippen LogP contribution in [0.3, 0.4) is 0 Å². The van der Waals surface area contributed by atoms with E-state index < -0.39 is 217 Å². The van der Waals surface area contributed by atoms with Crippen LogP contribution in [0.25, 0.3) is 58.0 Å². The molecule has 4 saturated heterocycles.